The Morgan fingerprint density at radius 2 is 1.63 bits per heavy atom. The van der Waals surface area contributed by atoms with Crippen LogP contribution in [0.3, 0.4) is 0 Å². The normalized spacial score (nSPS) is 12.0. The summed E-state index contributed by atoms with van der Waals surface area (Å²) in [5.41, 5.74) is 7.87. The second-order valence-corrected chi connectivity index (χ2v) is 9.50. The summed E-state index contributed by atoms with van der Waals surface area (Å²) in [4.78, 5) is 12.7. The third kappa shape index (κ3) is 6.58. The molecule has 0 bridgehead atoms. The number of hydrogen-bond acceptors (Lipinski definition) is 6. The molecule has 2 N–H and O–H groups in total. The van der Waals surface area contributed by atoms with Crippen molar-refractivity contribution in [3.05, 3.63) is 101 Å². The van der Waals surface area contributed by atoms with E-state index in [2.05, 4.69) is 45.1 Å². The smallest absolute Gasteiger partial charge is 0.253 e. The summed E-state index contributed by atoms with van der Waals surface area (Å²) in [5.74, 6) is 0.546. The lowest BCUT2D eigenvalue weighted by Gasteiger charge is -2.13. The minimum atomic E-state index is -0.422. The molecule has 0 aliphatic rings. The first-order valence-corrected chi connectivity index (χ1v) is 12.2. The summed E-state index contributed by atoms with van der Waals surface area (Å²) >= 11 is 1.34. The first-order chi connectivity index (χ1) is 17.0. The van der Waals surface area contributed by atoms with E-state index in [9.17, 15) is 4.79 Å². The number of thioether (sulfide) groups is 1. The Morgan fingerprint density at radius 3 is 2.31 bits per heavy atom. The number of aryl methyl sites for hydroxylation is 2. The van der Waals surface area contributed by atoms with Gasteiger partial charge in [0.05, 0.1) is 18.0 Å². The number of para-hydroxylation sites is 1. The molecule has 1 heterocycles. The number of rotatable bonds is 9. The van der Waals surface area contributed by atoms with Crippen molar-refractivity contribution in [2.24, 2.45) is 5.10 Å². The lowest BCUT2D eigenvalue weighted by molar-refractivity contribution is -0.120. The summed E-state index contributed by atoms with van der Waals surface area (Å²) in [5, 5.41) is 16.5. The van der Waals surface area contributed by atoms with Crippen LogP contribution in [-0.4, -0.2) is 32.1 Å². The van der Waals surface area contributed by atoms with Gasteiger partial charge in [-0.3, -0.25) is 9.36 Å². The van der Waals surface area contributed by atoms with Gasteiger partial charge in [-0.2, -0.15) is 5.10 Å². The van der Waals surface area contributed by atoms with Gasteiger partial charge in [0.25, 0.3) is 5.91 Å². The van der Waals surface area contributed by atoms with Crippen molar-refractivity contribution >= 4 is 29.6 Å². The largest absolute Gasteiger partial charge is 0.378 e. The van der Waals surface area contributed by atoms with Crippen LogP contribution < -0.4 is 10.7 Å². The molecule has 4 aromatic rings. The highest BCUT2D eigenvalue weighted by Gasteiger charge is 2.21. The van der Waals surface area contributed by atoms with E-state index in [0.29, 0.717) is 11.7 Å². The topological polar surface area (TPSA) is 84.2 Å². The lowest BCUT2D eigenvalue weighted by atomic mass is 10.2. The van der Waals surface area contributed by atoms with E-state index in [1.54, 1.807) is 6.21 Å². The summed E-state index contributed by atoms with van der Waals surface area (Å²) < 4.78 is 1.98. The molecular weight excluding hydrogens is 456 g/mol. The summed E-state index contributed by atoms with van der Waals surface area (Å²) in [7, 11) is 0. The summed E-state index contributed by atoms with van der Waals surface area (Å²) in [6, 6.07) is 26.0. The van der Waals surface area contributed by atoms with Crippen LogP contribution in [0.2, 0.25) is 0 Å². The molecule has 1 aromatic heterocycles. The first-order valence-electron chi connectivity index (χ1n) is 11.4. The van der Waals surface area contributed by atoms with E-state index in [1.807, 2.05) is 85.1 Å². The molecule has 4 rings (SSSR count). The number of aromatic nitrogens is 3. The molecule has 7 nitrogen and oxygen atoms in total. The molecular formula is C27H28N6OS. The molecule has 0 spiro atoms. The number of nitrogens with one attached hydrogen (secondary N) is 2. The third-order valence-corrected chi connectivity index (χ3v) is 6.38. The molecule has 0 aliphatic carbocycles. The molecule has 35 heavy (non-hydrogen) atoms. The van der Waals surface area contributed by atoms with Gasteiger partial charge in [-0.05, 0) is 50.6 Å². The predicted octanol–water partition coefficient (Wildman–Crippen LogP) is 5.13. The molecule has 178 valence electrons. The molecule has 0 saturated carbocycles. The maximum atomic E-state index is 12.7. The highest BCUT2D eigenvalue weighted by molar-refractivity contribution is 8.00. The fourth-order valence-electron chi connectivity index (χ4n) is 3.31. The van der Waals surface area contributed by atoms with Crippen LogP contribution in [-0.2, 0) is 11.3 Å². The van der Waals surface area contributed by atoms with Gasteiger partial charge in [-0.1, -0.05) is 77.5 Å². The number of carbonyl (C=O) groups is 1. The van der Waals surface area contributed by atoms with Gasteiger partial charge in [-0.15, -0.1) is 10.2 Å². The van der Waals surface area contributed by atoms with E-state index in [-0.39, 0.29) is 5.91 Å². The summed E-state index contributed by atoms with van der Waals surface area (Å²) in [6.45, 7) is 6.41. The fraction of sp³-hybridized carbons (Fsp3) is 0.185. The van der Waals surface area contributed by atoms with Crippen molar-refractivity contribution in [1.82, 2.24) is 20.2 Å². The second-order valence-electron chi connectivity index (χ2n) is 8.19. The molecule has 0 fully saturated rings. The number of anilines is 1. The Morgan fingerprint density at radius 1 is 0.971 bits per heavy atom. The van der Waals surface area contributed by atoms with Gasteiger partial charge in [0.1, 0.15) is 0 Å². The lowest BCUT2D eigenvalue weighted by Crippen LogP contribution is -2.27. The van der Waals surface area contributed by atoms with Crippen LogP contribution in [0.25, 0.3) is 5.69 Å². The Hall–Kier alpha value is -3.91. The summed E-state index contributed by atoms with van der Waals surface area (Å²) in [6.07, 6.45) is 1.63. The average Bonchev–Trinajstić information content (AvgIpc) is 3.27. The van der Waals surface area contributed by atoms with Gasteiger partial charge < -0.3 is 5.32 Å². The minimum Gasteiger partial charge on any atom is -0.378 e. The zero-order valence-corrected chi connectivity index (χ0v) is 20.8. The van der Waals surface area contributed by atoms with Gasteiger partial charge in [-0.25, -0.2) is 5.43 Å². The zero-order valence-electron chi connectivity index (χ0n) is 20.0. The van der Waals surface area contributed by atoms with E-state index >= 15 is 0 Å². The molecule has 0 saturated heterocycles. The van der Waals surface area contributed by atoms with Gasteiger partial charge >= 0.3 is 0 Å². The molecule has 1 unspecified atom stereocenters. The molecule has 0 aliphatic heterocycles. The molecule has 1 amide bonds. The van der Waals surface area contributed by atoms with Gasteiger partial charge in [0, 0.05) is 11.4 Å². The minimum absolute atomic E-state index is 0.208. The molecule has 1 atom stereocenters. The van der Waals surface area contributed by atoms with Gasteiger partial charge in [0.2, 0.25) is 0 Å². The maximum absolute atomic E-state index is 12.7. The van der Waals surface area contributed by atoms with Crippen LogP contribution in [0.1, 0.15) is 29.4 Å². The van der Waals surface area contributed by atoms with Crippen molar-refractivity contribution in [1.29, 1.82) is 0 Å². The van der Waals surface area contributed by atoms with Crippen molar-refractivity contribution in [3.63, 3.8) is 0 Å². The zero-order chi connectivity index (χ0) is 24.6. The monoisotopic (exact) mass is 484 g/mol. The van der Waals surface area contributed by atoms with Crippen molar-refractivity contribution in [2.45, 2.75) is 37.7 Å². The van der Waals surface area contributed by atoms with E-state index in [4.69, 9.17) is 0 Å². The molecule has 8 heteroatoms. The van der Waals surface area contributed by atoms with Crippen LogP contribution in [0, 0.1) is 13.8 Å². The van der Waals surface area contributed by atoms with E-state index < -0.39 is 5.25 Å². The van der Waals surface area contributed by atoms with Crippen molar-refractivity contribution in [3.8, 4) is 5.69 Å². The Balaban J connectivity index is 1.46. The maximum Gasteiger partial charge on any atom is 0.253 e. The first kappa shape index (κ1) is 24.2. The Bertz CT molecular complexity index is 1280. The van der Waals surface area contributed by atoms with Crippen LogP contribution >= 0.6 is 11.8 Å². The van der Waals surface area contributed by atoms with Crippen LogP contribution in [0.4, 0.5) is 5.69 Å². The number of nitrogens with zero attached hydrogens (tertiary/aromatic N) is 4. The predicted molar refractivity (Wildman–Crippen MR) is 142 cm³/mol. The van der Waals surface area contributed by atoms with Crippen molar-refractivity contribution in [2.75, 3.05) is 5.32 Å². The van der Waals surface area contributed by atoms with Crippen LogP contribution in [0.5, 0.6) is 0 Å². The highest BCUT2D eigenvalue weighted by atomic mass is 32.2. The van der Waals surface area contributed by atoms with E-state index in [1.165, 1.54) is 22.9 Å². The third-order valence-electron chi connectivity index (χ3n) is 5.33. The number of amides is 1. The standard InChI is InChI=1S/C27H28N6OS/c1-19-9-13-22(14-10-19)17-29-31-26(34)21(3)35-27-32-30-25(33(27)24-7-5-4-6-8-24)18-28-23-15-11-20(2)12-16-23/h4-17,21,28H,18H2,1-3H3,(H,31,34)/b29-17+. The number of hydrogen-bond donors (Lipinski definition) is 2. The van der Waals surface area contributed by atoms with Crippen molar-refractivity contribution < 1.29 is 4.79 Å². The Labute approximate surface area is 209 Å². The SMILES string of the molecule is Cc1ccc(/C=N/NC(=O)C(C)Sc2nnc(CNc3ccc(C)cc3)n2-c2ccccc2)cc1. The second kappa shape index (κ2) is 11.5. The Kier molecular flexibility index (Phi) is 7.95. The molecule has 3 aromatic carbocycles. The number of benzene rings is 3. The highest BCUT2D eigenvalue weighted by Crippen LogP contribution is 2.26. The molecule has 0 radical (unpaired) electrons. The van der Waals surface area contributed by atoms with E-state index in [0.717, 1.165) is 22.8 Å². The average molecular weight is 485 g/mol. The van der Waals surface area contributed by atoms with Gasteiger partial charge in [0.15, 0.2) is 11.0 Å². The fourth-order valence-corrected chi connectivity index (χ4v) is 4.19. The number of carbonyl (C=O) groups excluding carboxylic acids is 1. The van der Waals surface area contributed by atoms with Crippen LogP contribution in [0.15, 0.2) is 89.1 Å². The number of hydrazone groups is 1. The quantitative estimate of drug-likeness (QED) is 0.196.